The van der Waals surface area contributed by atoms with Gasteiger partial charge in [-0.1, -0.05) is 0 Å². The summed E-state index contributed by atoms with van der Waals surface area (Å²) in [6, 6.07) is 0. The van der Waals surface area contributed by atoms with E-state index in [1.54, 1.807) is 14.0 Å². The molecule has 2 rings (SSSR count). The van der Waals surface area contributed by atoms with Crippen molar-refractivity contribution in [2.24, 2.45) is 0 Å². The quantitative estimate of drug-likeness (QED) is 0.848. The van der Waals surface area contributed by atoms with E-state index in [2.05, 4.69) is 10.2 Å². The molecule has 1 aromatic heterocycles. The van der Waals surface area contributed by atoms with Gasteiger partial charge in [-0.05, 0) is 19.8 Å². The maximum atomic E-state index is 12.0. The lowest BCUT2D eigenvalue weighted by Crippen LogP contribution is -2.27. The molecule has 1 fully saturated rings. The van der Waals surface area contributed by atoms with Gasteiger partial charge in [0.05, 0.1) is 5.69 Å². The monoisotopic (exact) mass is 291 g/mol. The number of hydrogen-bond acceptors (Lipinski definition) is 4. The molecule has 8 heteroatoms. The molecule has 0 aliphatic heterocycles. The van der Waals surface area contributed by atoms with E-state index in [0.29, 0.717) is 12.2 Å². The molecular formula is C10H14ClN3O3S. The van der Waals surface area contributed by atoms with Crippen LogP contribution in [0.5, 0.6) is 0 Å². The van der Waals surface area contributed by atoms with Gasteiger partial charge in [-0.3, -0.25) is 9.89 Å². The number of aromatic nitrogens is 2. The highest BCUT2D eigenvalue weighted by Gasteiger charge is 2.36. The number of nitrogens with one attached hydrogen (secondary N) is 1. The Hall–Kier alpha value is -1.08. The Balaban J connectivity index is 2.51. The molecule has 1 aliphatic rings. The molecule has 0 spiro atoms. The van der Waals surface area contributed by atoms with Crippen LogP contribution in [0.25, 0.3) is 0 Å². The fourth-order valence-electron chi connectivity index (χ4n) is 1.71. The second-order valence-corrected chi connectivity index (χ2v) is 6.85. The van der Waals surface area contributed by atoms with Gasteiger partial charge in [-0.25, -0.2) is 8.42 Å². The summed E-state index contributed by atoms with van der Waals surface area (Å²) in [5.74, 6) is -0.325. The Labute approximate surface area is 110 Å². The first kappa shape index (κ1) is 13.4. The zero-order chi connectivity index (χ0) is 13.5. The van der Waals surface area contributed by atoms with E-state index in [4.69, 9.17) is 10.7 Å². The van der Waals surface area contributed by atoms with Crippen molar-refractivity contribution < 1.29 is 13.2 Å². The average Bonchev–Trinajstić information content (AvgIpc) is 3.04. The lowest BCUT2D eigenvalue weighted by Gasteiger charge is -2.13. The molecule has 100 valence electrons. The van der Waals surface area contributed by atoms with Gasteiger partial charge in [0.2, 0.25) is 0 Å². The summed E-state index contributed by atoms with van der Waals surface area (Å²) in [4.78, 5) is 13.3. The summed E-state index contributed by atoms with van der Waals surface area (Å²) in [5, 5.41) is 6.47. The molecule has 1 aromatic rings. The zero-order valence-electron chi connectivity index (χ0n) is 10.1. The van der Waals surface area contributed by atoms with Crippen LogP contribution in [-0.2, 0) is 9.05 Å². The minimum absolute atomic E-state index is 0.115. The molecule has 18 heavy (non-hydrogen) atoms. The standard InChI is InChI=1S/C10H14ClN3O3S/c1-3-14(2)10(15)8-9(18(11,16)17)7(12-13-8)6-4-5-6/h6H,3-5H2,1-2H3,(H,12,13). The van der Waals surface area contributed by atoms with Crippen LogP contribution in [0.1, 0.15) is 41.9 Å². The van der Waals surface area contributed by atoms with Crippen LogP contribution in [0.15, 0.2) is 4.90 Å². The summed E-state index contributed by atoms with van der Waals surface area (Å²) in [7, 11) is 3.02. The first-order valence-corrected chi connectivity index (χ1v) is 7.95. The van der Waals surface area contributed by atoms with Crippen molar-refractivity contribution in [1.29, 1.82) is 0 Å². The van der Waals surface area contributed by atoms with Gasteiger partial charge < -0.3 is 4.90 Å². The smallest absolute Gasteiger partial charge is 0.275 e. The second-order valence-electron chi connectivity index (χ2n) is 4.35. The maximum Gasteiger partial charge on any atom is 0.275 e. The number of hydrogen-bond donors (Lipinski definition) is 1. The van der Waals surface area contributed by atoms with Crippen molar-refractivity contribution in [2.75, 3.05) is 13.6 Å². The van der Waals surface area contributed by atoms with Crippen molar-refractivity contribution >= 4 is 25.6 Å². The third kappa shape index (κ3) is 2.37. The van der Waals surface area contributed by atoms with Gasteiger partial charge in [0.1, 0.15) is 4.90 Å². The number of H-pyrrole nitrogens is 1. The second kappa shape index (κ2) is 4.55. The average molecular weight is 292 g/mol. The Morgan fingerprint density at radius 3 is 2.61 bits per heavy atom. The SMILES string of the molecule is CCN(C)C(=O)c1n[nH]c(C2CC2)c1S(=O)(=O)Cl. The van der Waals surface area contributed by atoms with Gasteiger partial charge in [0.25, 0.3) is 15.0 Å². The lowest BCUT2D eigenvalue weighted by molar-refractivity contribution is 0.0793. The van der Waals surface area contributed by atoms with Crippen molar-refractivity contribution in [3.05, 3.63) is 11.4 Å². The van der Waals surface area contributed by atoms with Crippen molar-refractivity contribution in [3.63, 3.8) is 0 Å². The van der Waals surface area contributed by atoms with E-state index >= 15 is 0 Å². The van der Waals surface area contributed by atoms with Crippen LogP contribution >= 0.6 is 10.7 Å². The number of rotatable bonds is 4. The maximum absolute atomic E-state index is 12.0. The number of aromatic amines is 1. The zero-order valence-corrected chi connectivity index (χ0v) is 11.7. The van der Waals surface area contributed by atoms with E-state index in [0.717, 1.165) is 12.8 Å². The summed E-state index contributed by atoms with van der Waals surface area (Å²) < 4.78 is 23.2. The topological polar surface area (TPSA) is 83.1 Å². The molecule has 1 amide bonds. The normalized spacial score (nSPS) is 15.7. The largest absolute Gasteiger partial charge is 0.341 e. The lowest BCUT2D eigenvalue weighted by atomic mass is 10.2. The number of amides is 1. The third-order valence-electron chi connectivity index (χ3n) is 3.00. The van der Waals surface area contributed by atoms with E-state index in [9.17, 15) is 13.2 Å². The van der Waals surface area contributed by atoms with Crippen LogP contribution in [0.3, 0.4) is 0 Å². The molecule has 0 unspecified atom stereocenters. The molecular weight excluding hydrogens is 278 g/mol. The highest BCUT2D eigenvalue weighted by atomic mass is 35.7. The number of halogens is 1. The molecule has 1 saturated carbocycles. The van der Waals surface area contributed by atoms with Crippen LogP contribution in [0.4, 0.5) is 0 Å². The summed E-state index contributed by atoms with van der Waals surface area (Å²) in [5.41, 5.74) is 0.342. The third-order valence-corrected chi connectivity index (χ3v) is 4.36. The molecule has 0 radical (unpaired) electrons. The summed E-state index contributed by atoms with van der Waals surface area (Å²) in [6.07, 6.45) is 1.78. The van der Waals surface area contributed by atoms with Crippen LogP contribution in [0.2, 0.25) is 0 Å². The van der Waals surface area contributed by atoms with Gasteiger partial charge >= 0.3 is 0 Å². The first-order valence-electron chi connectivity index (χ1n) is 5.64. The molecule has 1 N–H and O–H groups in total. The molecule has 6 nitrogen and oxygen atoms in total. The highest BCUT2D eigenvalue weighted by molar-refractivity contribution is 8.13. The Morgan fingerprint density at radius 1 is 1.56 bits per heavy atom. The predicted octanol–water partition coefficient (Wildman–Crippen LogP) is 1.31. The molecule has 0 saturated heterocycles. The fraction of sp³-hybridized carbons (Fsp3) is 0.600. The van der Waals surface area contributed by atoms with Crippen molar-refractivity contribution in [1.82, 2.24) is 15.1 Å². The van der Waals surface area contributed by atoms with E-state index < -0.39 is 15.0 Å². The van der Waals surface area contributed by atoms with Gasteiger partial charge in [0.15, 0.2) is 5.69 Å². The number of nitrogens with zero attached hydrogens (tertiary/aromatic N) is 2. The van der Waals surface area contributed by atoms with Gasteiger partial charge in [-0.2, -0.15) is 5.10 Å². The van der Waals surface area contributed by atoms with Gasteiger partial charge in [-0.15, -0.1) is 0 Å². The summed E-state index contributed by atoms with van der Waals surface area (Å²) >= 11 is 0. The molecule has 0 bridgehead atoms. The Kier molecular flexibility index (Phi) is 3.37. The molecule has 1 aliphatic carbocycles. The molecule has 1 heterocycles. The van der Waals surface area contributed by atoms with Crippen LogP contribution < -0.4 is 0 Å². The number of carbonyl (C=O) groups is 1. The highest BCUT2D eigenvalue weighted by Crippen LogP contribution is 2.43. The minimum atomic E-state index is -3.98. The Bertz CT molecular complexity index is 577. The number of carbonyl (C=O) groups excluding carboxylic acids is 1. The predicted molar refractivity (Wildman–Crippen MR) is 66.2 cm³/mol. The van der Waals surface area contributed by atoms with E-state index in [1.807, 2.05) is 0 Å². The van der Waals surface area contributed by atoms with Crippen LogP contribution in [-0.4, -0.2) is 43.0 Å². The fourth-order valence-corrected chi connectivity index (χ4v) is 3.02. The van der Waals surface area contributed by atoms with Crippen LogP contribution in [0, 0.1) is 0 Å². The first-order chi connectivity index (χ1) is 8.36. The van der Waals surface area contributed by atoms with Crippen molar-refractivity contribution in [2.45, 2.75) is 30.6 Å². The minimum Gasteiger partial charge on any atom is -0.341 e. The Morgan fingerprint density at radius 2 is 2.17 bits per heavy atom. The molecule has 0 aromatic carbocycles. The van der Waals surface area contributed by atoms with Crippen molar-refractivity contribution in [3.8, 4) is 0 Å². The van der Waals surface area contributed by atoms with E-state index in [1.165, 1.54) is 4.90 Å². The van der Waals surface area contributed by atoms with Gasteiger partial charge in [0, 0.05) is 30.2 Å². The molecule has 0 atom stereocenters. The van der Waals surface area contributed by atoms with E-state index in [-0.39, 0.29) is 16.5 Å². The summed E-state index contributed by atoms with van der Waals surface area (Å²) in [6.45, 7) is 2.26.